The molecular formula is C25H36O6. The van der Waals surface area contributed by atoms with Gasteiger partial charge in [-0.3, -0.25) is 14.4 Å². The van der Waals surface area contributed by atoms with Crippen LogP contribution in [0.25, 0.3) is 0 Å². The number of esters is 1. The van der Waals surface area contributed by atoms with E-state index in [1.54, 1.807) is 0 Å². The number of aldehydes is 1. The van der Waals surface area contributed by atoms with Crippen molar-refractivity contribution in [1.29, 1.82) is 0 Å². The van der Waals surface area contributed by atoms with E-state index in [-0.39, 0.29) is 35.6 Å². The van der Waals surface area contributed by atoms with Crippen molar-refractivity contribution in [3.8, 4) is 0 Å². The summed E-state index contributed by atoms with van der Waals surface area (Å²) < 4.78 is 4.68. The first-order valence-electron chi connectivity index (χ1n) is 11.8. The SMILES string of the molecule is COC(=O)C/C=C(\C=O)C1[C@@H](O)C(=O)[C@H]2[C@@H]3CC[C@@H]4C[C@@H](O)CC[C@]4(C)[C@H]3CC[C@]12C. The van der Waals surface area contributed by atoms with Crippen LogP contribution in [-0.2, 0) is 19.1 Å². The number of ketones is 1. The Morgan fingerprint density at radius 3 is 2.52 bits per heavy atom. The summed E-state index contributed by atoms with van der Waals surface area (Å²) in [7, 11) is 1.30. The Balaban J connectivity index is 1.65. The molecule has 172 valence electrons. The van der Waals surface area contributed by atoms with Crippen molar-refractivity contribution in [3.63, 3.8) is 0 Å². The molecule has 0 bridgehead atoms. The Morgan fingerprint density at radius 2 is 1.84 bits per heavy atom. The Kier molecular flexibility index (Phi) is 5.93. The summed E-state index contributed by atoms with van der Waals surface area (Å²) in [5, 5.41) is 21.2. The first-order valence-corrected chi connectivity index (χ1v) is 11.8. The Labute approximate surface area is 184 Å². The third-order valence-electron chi connectivity index (χ3n) is 9.70. The monoisotopic (exact) mass is 432 g/mol. The van der Waals surface area contributed by atoms with Crippen molar-refractivity contribution in [2.24, 2.45) is 40.4 Å². The van der Waals surface area contributed by atoms with Crippen molar-refractivity contribution >= 4 is 18.0 Å². The number of Topliss-reactive ketones (excluding diaryl/α,β-unsaturated/α-hetero) is 1. The number of hydrogen-bond donors (Lipinski definition) is 2. The largest absolute Gasteiger partial charge is 0.469 e. The highest BCUT2D eigenvalue weighted by Crippen LogP contribution is 2.67. The topological polar surface area (TPSA) is 101 Å². The smallest absolute Gasteiger partial charge is 0.309 e. The zero-order chi connectivity index (χ0) is 22.6. The Bertz CT molecular complexity index is 789. The van der Waals surface area contributed by atoms with E-state index in [1.165, 1.54) is 13.2 Å². The standard InChI is InChI=1S/C25H36O6/c1-24-10-8-16(27)12-15(24)5-6-17-18(24)9-11-25(2)20(22(29)23(30)21(17)25)14(13-26)4-7-19(28)31-3/h4,13,15-18,20-22,27,29H,5-12H2,1-3H3/b14-4+/t15-,16+,17-,18+,20?,21-,22-,24+,25-/m1/s1. The number of methoxy groups -OCH3 is 1. The number of hydrogen-bond acceptors (Lipinski definition) is 6. The maximum atomic E-state index is 13.4. The lowest BCUT2D eigenvalue weighted by Gasteiger charge is -2.60. The van der Waals surface area contributed by atoms with Gasteiger partial charge in [-0.25, -0.2) is 0 Å². The van der Waals surface area contributed by atoms with E-state index in [0.29, 0.717) is 23.7 Å². The second-order valence-corrected chi connectivity index (χ2v) is 10.9. The van der Waals surface area contributed by atoms with Gasteiger partial charge in [0.25, 0.3) is 0 Å². The summed E-state index contributed by atoms with van der Waals surface area (Å²) in [5.74, 6) is -0.324. The van der Waals surface area contributed by atoms with Gasteiger partial charge in [0.2, 0.25) is 0 Å². The molecule has 0 aromatic rings. The number of carbonyl (C=O) groups excluding carboxylic acids is 3. The van der Waals surface area contributed by atoms with Crippen LogP contribution in [0.2, 0.25) is 0 Å². The minimum Gasteiger partial charge on any atom is -0.469 e. The molecule has 0 heterocycles. The van der Waals surface area contributed by atoms with Crippen LogP contribution in [0.3, 0.4) is 0 Å². The number of carbonyl (C=O) groups is 3. The molecule has 0 aromatic carbocycles. The van der Waals surface area contributed by atoms with E-state index in [2.05, 4.69) is 18.6 Å². The highest BCUT2D eigenvalue weighted by atomic mass is 16.5. The number of aliphatic hydroxyl groups is 2. The maximum Gasteiger partial charge on any atom is 0.309 e. The molecule has 0 aromatic heterocycles. The van der Waals surface area contributed by atoms with Gasteiger partial charge in [-0.05, 0) is 79.1 Å². The Hall–Kier alpha value is -1.53. The lowest BCUT2D eigenvalue weighted by atomic mass is 9.44. The molecule has 4 fully saturated rings. The van der Waals surface area contributed by atoms with E-state index in [1.807, 2.05) is 0 Å². The van der Waals surface area contributed by atoms with Crippen LogP contribution >= 0.6 is 0 Å². The molecule has 0 aliphatic heterocycles. The molecule has 4 rings (SSSR count). The predicted molar refractivity (Wildman–Crippen MR) is 114 cm³/mol. The van der Waals surface area contributed by atoms with Crippen molar-refractivity contribution < 1.29 is 29.3 Å². The average Bonchev–Trinajstić information content (AvgIpc) is 2.95. The van der Waals surface area contributed by atoms with E-state index < -0.39 is 23.4 Å². The van der Waals surface area contributed by atoms with Gasteiger partial charge >= 0.3 is 5.97 Å². The quantitative estimate of drug-likeness (QED) is 0.402. The average molecular weight is 433 g/mol. The van der Waals surface area contributed by atoms with Crippen molar-refractivity contribution in [1.82, 2.24) is 0 Å². The highest BCUT2D eigenvalue weighted by molar-refractivity contribution is 5.92. The molecule has 4 aliphatic rings. The van der Waals surface area contributed by atoms with Crippen LogP contribution in [0.4, 0.5) is 0 Å². The van der Waals surface area contributed by atoms with E-state index in [0.717, 1.165) is 44.9 Å². The van der Waals surface area contributed by atoms with Crippen molar-refractivity contribution in [2.45, 2.75) is 77.4 Å². The minimum absolute atomic E-state index is 0.0448. The van der Waals surface area contributed by atoms with Gasteiger partial charge in [0.05, 0.1) is 19.6 Å². The van der Waals surface area contributed by atoms with Gasteiger partial charge in [-0.2, -0.15) is 0 Å². The van der Waals surface area contributed by atoms with Crippen molar-refractivity contribution in [2.75, 3.05) is 7.11 Å². The third kappa shape index (κ3) is 3.41. The van der Waals surface area contributed by atoms with Gasteiger partial charge in [-0.15, -0.1) is 0 Å². The summed E-state index contributed by atoms with van der Waals surface area (Å²) in [5.41, 5.74) is -0.0192. The fourth-order valence-corrected chi connectivity index (χ4v) is 8.16. The molecule has 2 N–H and O–H groups in total. The highest BCUT2D eigenvalue weighted by Gasteiger charge is 2.66. The minimum atomic E-state index is -1.21. The summed E-state index contributed by atoms with van der Waals surface area (Å²) in [6.07, 6.45) is 7.12. The molecule has 0 amide bonds. The zero-order valence-corrected chi connectivity index (χ0v) is 18.9. The molecule has 31 heavy (non-hydrogen) atoms. The summed E-state index contributed by atoms with van der Waals surface area (Å²) >= 11 is 0. The lowest BCUT2D eigenvalue weighted by Crippen LogP contribution is -2.54. The molecule has 6 nitrogen and oxygen atoms in total. The second-order valence-electron chi connectivity index (χ2n) is 10.9. The third-order valence-corrected chi connectivity index (χ3v) is 9.70. The molecule has 0 radical (unpaired) electrons. The van der Waals surface area contributed by atoms with Crippen LogP contribution < -0.4 is 0 Å². The van der Waals surface area contributed by atoms with Crippen LogP contribution in [0.5, 0.6) is 0 Å². The maximum absolute atomic E-state index is 13.4. The molecule has 9 atom stereocenters. The molecule has 4 aliphatic carbocycles. The van der Waals surface area contributed by atoms with E-state index in [4.69, 9.17) is 0 Å². The number of aliphatic hydroxyl groups excluding tert-OH is 2. The van der Waals surface area contributed by atoms with Crippen LogP contribution in [-0.4, -0.2) is 47.6 Å². The van der Waals surface area contributed by atoms with Gasteiger partial charge in [0, 0.05) is 11.8 Å². The first kappa shape index (κ1) is 22.7. The number of fused-ring (bicyclic) bond motifs is 5. The van der Waals surface area contributed by atoms with Crippen LogP contribution in [0.1, 0.15) is 65.2 Å². The molecule has 6 heteroatoms. The normalized spacial score (nSPS) is 47.2. The van der Waals surface area contributed by atoms with Gasteiger partial charge < -0.3 is 14.9 Å². The number of ether oxygens (including phenoxy) is 1. The van der Waals surface area contributed by atoms with Gasteiger partial charge in [-0.1, -0.05) is 19.9 Å². The lowest BCUT2D eigenvalue weighted by molar-refractivity contribution is -0.146. The molecular weight excluding hydrogens is 396 g/mol. The first-order chi connectivity index (χ1) is 14.7. The fraction of sp³-hybridized carbons (Fsp3) is 0.800. The van der Waals surface area contributed by atoms with E-state index in [9.17, 15) is 24.6 Å². The van der Waals surface area contributed by atoms with Gasteiger partial charge in [0.1, 0.15) is 12.4 Å². The summed E-state index contributed by atoms with van der Waals surface area (Å²) in [6, 6.07) is 0. The molecule has 1 unspecified atom stereocenters. The van der Waals surface area contributed by atoms with Crippen molar-refractivity contribution in [3.05, 3.63) is 11.6 Å². The fourth-order valence-electron chi connectivity index (χ4n) is 8.16. The predicted octanol–water partition coefficient (Wildman–Crippen LogP) is 2.84. The second kappa shape index (κ2) is 8.11. The molecule has 4 saturated carbocycles. The van der Waals surface area contributed by atoms with Gasteiger partial charge in [0.15, 0.2) is 5.78 Å². The van der Waals surface area contributed by atoms with Crippen LogP contribution in [0, 0.1) is 40.4 Å². The van der Waals surface area contributed by atoms with Crippen LogP contribution in [0.15, 0.2) is 11.6 Å². The summed E-state index contributed by atoms with van der Waals surface area (Å²) in [4.78, 5) is 37.0. The Morgan fingerprint density at radius 1 is 1.13 bits per heavy atom. The molecule has 0 spiro atoms. The summed E-state index contributed by atoms with van der Waals surface area (Å²) in [6.45, 7) is 4.41. The zero-order valence-electron chi connectivity index (χ0n) is 18.9. The van der Waals surface area contributed by atoms with E-state index >= 15 is 0 Å². The number of rotatable bonds is 4. The molecule has 0 saturated heterocycles.